The van der Waals surface area contributed by atoms with Crippen LogP contribution < -0.4 is 0 Å². The Balaban J connectivity index is 1.32. The summed E-state index contributed by atoms with van der Waals surface area (Å²) in [6, 6.07) is 0. The summed E-state index contributed by atoms with van der Waals surface area (Å²) in [5.74, 6) is 2.02. The molecule has 0 heterocycles. The highest BCUT2D eigenvalue weighted by Gasteiger charge is 2.51. The molecule has 0 spiro atoms. The minimum absolute atomic E-state index is 0.0940. The first-order valence-corrected chi connectivity index (χ1v) is 11.3. The highest BCUT2D eigenvalue weighted by Crippen LogP contribution is 2.61. The van der Waals surface area contributed by atoms with E-state index in [1.165, 1.54) is 38.5 Å². The molecule has 5 heteroatoms. The first kappa shape index (κ1) is 21.6. The molecule has 0 aromatic rings. The van der Waals surface area contributed by atoms with E-state index >= 15 is 0 Å². The van der Waals surface area contributed by atoms with E-state index in [9.17, 15) is 9.59 Å². The van der Waals surface area contributed by atoms with Crippen molar-refractivity contribution in [1.29, 1.82) is 0 Å². The van der Waals surface area contributed by atoms with Gasteiger partial charge in [0, 0.05) is 12.5 Å². The van der Waals surface area contributed by atoms with Crippen LogP contribution in [-0.2, 0) is 19.1 Å². The smallest absolute Gasteiger partial charge is 0.307 e. The maximum absolute atomic E-state index is 12.5. The summed E-state index contributed by atoms with van der Waals surface area (Å²) in [6.07, 6.45) is 8.75. The molecule has 4 rings (SSSR count). The largest absolute Gasteiger partial charge is 0.465 e. The number of ether oxygens (including phenoxy) is 2. The molecule has 0 aromatic heterocycles. The summed E-state index contributed by atoms with van der Waals surface area (Å²) in [6.45, 7) is 11.2. The van der Waals surface area contributed by atoms with Crippen molar-refractivity contribution < 1.29 is 19.1 Å². The average Bonchev–Trinajstić information content (AvgIpc) is 2.64. The number of carbonyl (C=O) groups excluding carboxylic acids is 2. The van der Waals surface area contributed by atoms with E-state index in [1.54, 1.807) is 0 Å². The topological polar surface area (TPSA) is 55.8 Å². The Bertz CT molecular complexity index is 507. The van der Waals surface area contributed by atoms with Crippen LogP contribution in [0.4, 0.5) is 0 Å². The van der Waals surface area contributed by atoms with Crippen molar-refractivity contribution in [2.75, 3.05) is 32.8 Å². The molecule has 5 nitrogen and oxygen atoms in total. The summed E-state index contributed by atoms with van der Waals surface area (Å²) in [5, 5.41) is 0. The molecule has 1 unspecified atom stereocenters. The SMILES string of the molecule is [CH2]C(COC(=O)CCN(CC)CC)COC(=O)CC12CC3CC(CC(C3)C1)C2. The highest BCUT2D eigenvalue weighted by molar-refractivity contribution is 5.70. The van der Waals surface area contributed by atoms with E-state index in [1.807, 2.05) is 0 Å². The predicted molar refractivity (Wildman–Crippen MR) is 108 cm³/mol. The van der Waals surface area contributed by atoms with Crippen LogP contribution in [0.3, 0.4) is 0 Å². The van der Waals surface area contributed by atoms with Crippen LogP contribution in [0.1, 0.15) is 65.2 Å². The fourth-order valence-corrected chi connectivity index (χ4v) is 6.19. The Morgan fingerprint density at radius 1 is 0.964 bits per heavy atom. The third-order valence-electron chi connectivity index (χ3n) is 7.17. The molecule has 0 aliphatic heterocycles. The molecule has 159 valence electrons. The van der Waals surface area contributed by atoms with E-state index in [0.29, 0.717) is 19.4 Å². The lowest BCUT2D eigenvalue weighted by atomic mass is 9.49. The average molecular weight is 393 g/mol. The van der Waals surface area contributed by atoms with Crippen LogP contribution in [0.2, 0.25) is 0 Å². The van der Waals surface area contributed by atoms with Gasteiger partial charge in [-0.1, -0.05) is 13.8 Å². The van der Waals surface area contributed by atoms with Gasteiger partial charge < -0.3 is 14.4 Å². The number of carbonyl (C=O) groups is 2. The number of hydrogen-bond acceptors (Lipinski definition) is 5. The zero-order valence-electron chi connectivity index (χ0n) is 17.8. The minimum Gasteiger partial charge on any atom is -0.465 e. The molecule has 0 aromatic carbocycles. The van der Waals surface area contributed by atoms with Crippen LogP contribution in [0, 0.1) is 36.0 Å². The summed E-state index contributed by atoms with van der Waals surface area (Å²) in [7, 11) is 0. The second kappa shape index (κ2) is 9.60. The van der Waals surface area contributed by atoms with Crippen LogP contribution in [0.25, 0.3) is 0 Å². The molecule has 28 heavy (non-hydrogen) atoms. The van der Waals surface area contributed by atoms with Gasteiger partial charge in [-0.05, 0) is 81.7 Å². The molecular formula is C23H38NO4. The summed E-state index contributed by atoms with van der Waals surface area (Å²) in [4.78, 5) is 26.5. The van der Waals surface area contributed by atoms with Crippen molar-refractivity contribution in [3.8, 4) is 0 Å². The van der Waals surface area contributed by atoms with Gasteiger partial charge in [-0.15, -0.1) is 0 Å². The number of rotatable bonds is 11. The van der Waals surface area contributed by atoms with Gasteiger partial charge in [-0.2, -0.15) is 0 Å². The Labute approximate surface area is 170 Å². The summed E-state index contributed by atoms with van der Waals surface area (Å²) in [5.41, 5.74) is 0.208. The van der Waals surface area contributed by atoms with Gasteiger partial charge >= 0.3 is 11.9 Å². The Morgan fingerprint density at radius 2 is 1.46 bits per heavy atom. The van der Waals surface area contributed by atoms with Gasteiger partial charge in [0.2, 0.25) is 0 Å². The standard InChI is InChI=1S/C23H38NO4/c1-4-24(5-2)7-6-21(25)27-15-17(3)16-28-22(26)14-23-11-18-8-19(12-23)10-20(9-18)13-23/h17-20H,3-16H2,1-2H3. The molecule has 0 amide bonds. The lowest BCUT2D eigenvalue weighted by Crippen LogP contribution is -2.47. The van der Waals surface area contributed by atoms with Gasteiger partial charge in [-0.25, -0.2) is 0 Å². The zero-order valence-corrected chi connectivity index (χ0v) is 17.8. The molecule has 1 atom stereocenters. The second-order valence-corrected chi connectivity index (χ2v) is 9.60. The summed E-state index contributed by atoms with van der Waals surface area (Å²) < 4.78 is 10.8. The first-order valence-electron chi connectivity index (χ1n) is 11.3. The first-order chi connectivity index (χ1) is 13.4. The minimum atomic E-state index is -0.210. The van der Waals surface area contributed by atoms with Gasteiger partial charge in [0.1, 0.15) is 0 Å². The molecule has 0 N–H and O–H groups in total. The Kier molecular flexibility index (Phi) is 7.41. The highest BCUT2D eigenvalue weighted by atomic mass is 16.5. The van der Waals surface area contributed by atoms with Crippen molar-refractivity contribution in [2.45, 2.75) is 65.2 Å². The van der Waals surface area contributed by atoms with Crippen molar-refractivity contribution in [2.24, 2.45) is 29.1 Å². The van der Waals surface area contributed by atoms with Crippen LogP contribution in [-0.4, -0.2) is 49.7 Å². The predicted octanol–water partition coefficient (Wildman–Crippen LogP) is 3.86. The molecule has 4 fully saturated rings. The van der Waals surface area contributed by atoms with E-state index in [4.69, 9.17) is 9.47 Å². The van der Waals surface area contributed by atoms with E-state index in [0.717, 1.165) is 30.8 Å². The molecule has 0 saturated heterocycles. The lowest BCUT2D eigenvalue weighted by molar-refractivity contribution is -0.154. The lowest BCUT2D eigenvalue weighted by Gasteiger charge is -2.56. The number of esters is 2. The van der Waals surface area contributed by atoms with Crippen molar-refractivity contribution in [3.63, 3.8) is 0 Å². The van der Waals surface area contributed by atoms with Gasteiger partial charge in [0.15, 0.2) is 0 Å². The second-order valence-electron chi connectivity index (χ2n) is 9.60. The van der Waals surface area contributed by atoms with Crippen LogP contribution in [0.5, 0.6) is 0 Å². The van der Waals surface area contributed by atoms with Gasteiger partial charge in [0.05, 0.1) is 26.1 Å². The normalized spacial score (nSPS) is 31.8. The van der Waals surface area contributed by atoms with Crippen LogP contribution >= 0.6 is 0 Å². The molecule has 4 aliphatic carbocycles. The van der Waals surface area contributed by atoms with Crippen molar-refractivity contribution >= 4 is 11.9 Å². The molecular weight excluding hydrogens is 354 g/mol. The Hall–Kier alpha value is -1.10. The quantitative estimate of drug-likeness (QED) is 0.500. The fourth-order valence-electron chi connectivity index (χ4n) is 6.19. The summed E-state index contributed by atoms with van der Waals surface area (Å²) >= 11 is 0. The number of hydrogen-bond donors (Lipinski definition) is 0. The Morgan fingerprint density at radius 3 is 1.96 bits per heavy atom. The van der Waals surface area contributed by atoms with Gasteiger partial charge in [-0.3, -0.25) is 9.59 Å². The third-order valence-corrected chi connectivity index (χ3v) is 7.17. The molecule has 4 saturated carbocycles. The monoisotopic (exact) mass is 392 g/mol. The fraction of sp³-hybridized carbons (Fsp3) is 0.870. The number of nitrogens with zero attached hydrogens (tertiary/aromatic N) is 1. The zero-order chi connectivity index (χ0) is 20.1. The molecule has 1 radical (unpaired) electrons. The van der Waals surface area contributed by atoms with Gasteiger partial charge in [0.25, 0.3) is 0 Å². The van der Waals surface area contributed by atoms with Crippen molar-refractivity contribution in [1.82, 2.24) is 4.90 Å². The van der Waals surface area contributed by atoms with Crippen molar-refractivity contribution in [3.05, 3.63) is 6.92 Å². The van der Waals surface area contributed by atoms with E-state index in [-0.39, 0.29) is 36.5 Å². The third kappa shape index (κ3) is 5.71. The molecule has 4 aliphatic rings. The maximum atomic E-state index is 12.5. The molecule has 4 bridgehead atoms. The van der Waals surface area contributed by atoms with Crippen LogP contribution in [0.15, 0.2) is 0 Å². The van der Waals surface area contributed by atoms with E-state index in [2.05, 4.69) is 25.7 Å². The maximum Gasteiger partial charge on any atom is 0.307 e. The van der Waals surface area contributed by atoms with E-state index < -0.39 is 0 Å².